The van der Waals surface area contributed by atoms with E-state index in [4.69, 9.17) is 0 Å². The second-order valence-electron chi connectivity index (χ2n) is 5.80. The lowest BCUT2D eigenvalue weighted by Gasteiger charge is -2.37. The Morgan fingerprint density at radius 2 is 2.19 bits per heavy atom. The first kappa shape index (κ1) is 14.1. The van der Waals surface area contributed by atoms with Crippen LogP contribution in [0.1, 0.15) is 31.7 Å². The van der Waals surface area contributed by atoms with Crippen molar-refractivity contribution < 1.29 is 9.59 Å². The molecule has 21 heavy (non-hydrogen) atoms. The van der Waals surface area contributed by atoms with Gasteiger partial charge in [-0.3, -0.25) is 9.59 Å². The lowest BCUT2D eigenvalue weighted by atomic mass is 9.94. The molecule has 112 valence electrons. The highest BCUT2D eigenvalue weighted by Gasteiger charge is 2.49. The fourth-order valence-corrected chi connectivity index (χ4v) is 3.24. The summed E-state index contributed by atoms with van der Waals surface area (Å²) in [5.74, 6) is -0.00467. The van der Waals surface area contributed by atoms with Crippen LogP contribution in [0.2, 0.25) is 0 Å². The van der Waals surface area contributed by atoms with Crippen molar-refractivity contribution in [1.29, 1.82) is 0 Å². The van der Waals surface area contributed by atoms with E-state index in [1.54, 1.807) is 4.90 Å². The molecule has 5 nitrogen and oxygen atoms in total. The quantitative estimate of drug-likeness (QED) is 0.866. The maximum Gasteiger partial charge on any atom is 0.251 e. The second-order valence-corrected chi connectivity index (χ2v) is 5.80. The summed E-state index contributed by atoms with van der Waals surface area (Å²) >= 11 is 0. The molecule has 1 atom stereocenters. The first-order valence-corrected chi connectivity index (χ1v) is 7.58. The molecule has 5 heteroatoms. The summed E-state index contributed by atoms with van der Waals surface area (Å²) in [5.41, 5.74) is 1.07. The molecular formula is C16H21N3O2. The van der Waals surface area contributed by atoms with Crippen LogP contribution in [-0.2, 0) is 16.1 Å². The van der Waals surface area contributed by atoms with Gasteiger partial charge in [-0.25, -0.2) is 0 Å². The van der Waals surface area contributed by atoms with Crippen molar-refractivity contribution in [3.63, 3.8) is 0 Å². The molecule has 2 N–H and O–H groups in total. The molecule has 1 fully saturated rings. The third kappa shape index (κ3) is 2.31. The molecule has 2 amide bonds. The summed E-state index contributed by atoms with van der Waals surface area (Å²) in [6.07, 6.45) is 1.95. The van der Waals surface area contributed by atoms with Crippen molar-refractivity contribution in [3.05, 3.63) is 29.8 Å². The van der Waals surface area contributed by atoms with Gasteiger partial charge in [-0.2, -0.15) is 0 Å². The van der Waals surface area contributed by atoms with Gasteiger partial charge in [0.05, 0.1) is 0 Å². The molecule has 0 saturated carbocycles. The number of rotatable bonds is 2. The average molecular weight is 287 g/mol. The van der Waals surface area contributed by atoms with E-state index in [0.717, 1.165) is 24.2 Å². The van der Waals surface area contributed by atoms with Crippen LogP contribution in [0, 0.1) is 0 Å². The lowest BCUT2D eigenvalue weighted by molar-refractivity contribution is -0.145. The van der Waals surface area contributed by atoms with Crippen LogP contribution in [0.25, 0.3) is 0 Å². The van der Waals surface area contributed by atoms with E-state index in [2.05, 4.69) is 10.6 Å². The summed E-state index contributed by atoms with van der Waals surface area (Å²) in [6, 6.07) is 7.72. The minimum atomic E-state index is -0.745. The zero-order chi connectivity index (χ0) is 14.9. The van der Waals surface area contributed by atoms with Crippen LogP contribution < -0.4 is 10.6 Å². The molecule has 2 aliphatic heterocycles. The molecule has 1 saturated heterocycles. The minimum Gasteiger partial charge on any atom is -0.324 e. The number of benzene rings is 1. The zero-order valence-corrected chi connectivity index (χ0v) is 12.3. The van der Waals surface area contributed by atoms with Gasteiger partial charge in [0.25, 0.3) is 5.91 Å². The standard InChI is InChI=1S/C16H21N3O2/c1-2-5-14(20)19-10-12-6-3-4-7-13(12)18-15(21)16(19)8-9-17-11-16/h3-4,6-7,17H,2,5,8-11H2,1H3,(H,18,21). The number of hydrogen-bond acceptors (Lipinski definition) is 3. The van der Waals surface area contributed by atoms with E-state index in [1.165, 1.54) is 0 Å². The summed E-state index contributed by atoms with van der Waals surface area (Å²) in [5, 5.41) is 6.25. The molecule has 0 radical (unpaired) electrons. The average Bonchev–Trinajstić information content (AvgIpc) is 2.92. The SMILES string of the molecule is CCCC(=O)N1Cc2ccccc2NC(=O)C12CCNC2. The number of hydrogen-bond donors (Lipinski definition) is 2. The fraction of sp³-hybridized carbons (Fsp3) is 0.500. The largest absolute Gasteiger partial charge is 0.324 e. The summed E-state index contributed by atoms with van der Waals surface area (Å²) in [7, 11) is 0. The Morgan fingerprint density at radius 1 is 1.38 bits per heavy atom. The van der Waals surface area contributed by atoms with E-state index >= 15 is 0 Å². The lowest BCUT2D eigenvalue weighted by Crippen LogP contribution is -2.58. The normalized spacial score (nSPS) is 24.6. The molecule has 0 aromatic heterocycles. The van der Waals surface area contributed by atoms with Crippen LogP contribution in [0.4, 0.5) is 5.69 Å². The van der Waals surface area contributed by atoms with Gasteiger partial charge in [-0.15, -0.1) is 0 Å². The molecule has 3 rings (SSSR count). The second kappa shape index (κ2) is 5.48. The van der Waals surface area contributed by atoms with Crippen molar-refractivity contribution in [2.75, 3.05) is 18.4 Å². The fourth-order valence-electron chi connectivity index (χ4n) is 3.24. The number of para-hydroxylation sites is 1. The Hall–Kier alpha value is -1.88. The van der Waals surface area contributed by atoms with Gasteiger partial charge >= 0.3 is 0 Å². The first-order chi connectivity index (χ1) is 10.2. The Bertz CT molecular complexity index is 564. The van der Waals surface area contributed by atoms with Crippen LogP contribution >= 0.6 is 0 Å². The predicted molar refractivity (Wildman–Crippen MR) is 80.7 cm³/mol. The maximum absolute atomic E-state index is 12.8. The molecule has 1 spiro atoms. The van der Waals surface area contributed by atoms with Crippen molar-refractivity contribution in [3.8, 4) is 0 Å². The van der Waals surface area contributed by atoms with Crippen LogP contribution in [0.3, 0.4) is 0 Å². The predicted octanol–water partition coefficient (Wildman–Crippen LogP) is 1.50. The number of fused-ring (bicyclic) bond motifs is 1. The van der Waals surface area contributed by atoms with Gasteiger partial charge in [0.1, 0.15) is 5.54 Å². The van der Waals surface area contributed by atoms with Crippen LogP contribution in [0.15, 0.2) is 24.3 Å². The number of carbonyl (C=O) groups excluding carboxylic acids is 2. The number of amides is 2. The van der Waals surface area contributed by atoms with E-state index in [1.807, 2.05) is 31.2 Å². The molecule has 0 bridgehead atoms. The highest BCUT2D eigenvalue weighted by Crippen LogP contribution is 2.33. The van der Waals surface area contributed by atoms with Crippen molar-refractivity contribution >= 4 is 17.5 Å². The number of nitrogens with one attached hydrogen (secondary N) is 2. The topological polar surface area (TPSA) is 61.4 Å². The van der Waals surface area contributed by atoms with E-state index in [0.29, 0.717) is 25.9 Å². The number of carbonyl (C=O) groups is 2. The third-order valence-electron chi connectivity index (χ3n) is 4.43. The highest BCUT2D eigenvalue weighted by molar-refractivity contribution is 6.02. The Morgan fingerprint density at radius 3 is 2.90 bits per heavy atom. The first-order valence-electron chi connectivity index (χ1n) is 7.58. The summed E-state index contributed by atoms with van der Waals surface area (Å²) in [4.78, 5) is 27.2. The van der Waals surface area contributed by atoms with Crippen LogP contribution in [-0.4, -0.2) is 35.3 Å². The number of nitrogens with zero attached hydrogens (tertiary/aromatic N) is 1. The van der Waals surface area contributed by atoms with E-state index in [9.17, 15) is 9.59 Å². The van der Waals surface area contributed by atoms with E-state index in [-0.39, 0.29) is 11.8 Å². The Labute approximate surface area is 124 Å². The minimum absolute atomic E-state index is 0.0630. The zero-order valence-electron chi connectivity index (χ0n) is 12.3. The maximum atomic E-state index is 12.8. The third-order valence-corrected chi connectivity index (χ3v) is 4.43. The van der Waals surface area contributed by atoms with Crippen molar-refractivity contribution in [1.82, 2.24) is 10.2 Å². The highest BCUT2D eigenvalue weighted by atomic mass is 16.2. The van der Waals surface area contributed by atoms with Gasteiger partial charge < -0.3 is 15.5 Å². The van der Waals surface area contributed by atoms with Crippen molar-refractivity contribution in [2.45, 2.75) is 38.3 Å². The smallest absolute Gasteiger partial charge is 0.251 e. The van der Waals surface area contributed by atoms with Crippen molar-refractivity contribution in [2.24, 2.45) is 0 Å². The van der Waals surface area contributed by atoms with Gasteiger partial charge in [0.2, 0.25) is 5.91 Å². The molecule has 0 aliphatic carbocycles. The van der Waals surface area contributed by atoms with Gasteiger partial charge in [0, 0.05) is 25.2 Å². The van der Waals surface area contributed by atoms with Gasteiger partial charge in [-0.05, 0) is 31.0 Å². The molecule has 1 aromatic carbocycles. The monoisotopic (exact) mass is 287 g/mol. The summed E-state index contributed by atoms with van der Waals surface area (Å²) < 4.78 is 0. The molecule has 2 aliphatic rings. The molecular weight excluding hydrogens is 266 g/mol. The number of anilines is 1. The molecule has 1 aromatic rings. The Kier molecular flexibility index (Phi) is 3.68. The van der Waals surface area contributed by atoms with Gasteiger partial charge in [0.15, 0.2) is 0 Å². The van der Waals surface area contributed by atoms with Crippen LogP contribution in [0.5, 0.6) is 0 Å². The Balaban J connectivity index is 2.03. The summed E-state index contributed by atoms with van der Waals surface area (Å²) in [6.45, 7) is 3.78. The van der Waals surface area contributed by atoms with Gasteiger partial charge in [-0.1, -0.05) is 25.1 Å². The van der Waals surface area contributed by atoms with E-state index < -0.39 is 5.54 Å². The molecule has 1 unspecified atom stereocenters. The molecule has 2 heterocycles.